The summed E-state index contributed by atoms with van der Waals surface area (Å²) in [5, 5.41) is 13.5. The average molecular weight is 560 g/mol. The van der Waals surface area contributed by atoms with Gasteiger partial charge in [0.15, 0.2) is 6.04 Å². The first-order chi connectivity index (χ1) is 20.4. The third-order valence-electron chi connectivity index (χ3n) is 7.99. The summed E-state index contributed by atoms with van der Waals surface area (Å²) in [4.78, 5) is 33.4. The highest BCUT2D eigenvalue weighted by atomic mass is 16.4. The third-order valence-corrected chi connectivity index (χ3v) is 7.99. The lowest BCUT2D eigenvalue weighted by Crippen LogP contribution is -2.39. The number of carboxylic acid groups (broad SMARTS) is 1. The van der Waals surface area contributed by atoms with E-state index in [1.54, 1.807) is 0 Å². The number of hydrogen-bond acceptors (Lipinski definition) is 4. The van der Waals surface area contributed by atoms with E-state index in [9.17, 15) is 14.7 Å². The highest BCUT2D eigenvalue weighted by Crippen LogP contribution is 2.26. The van der Waals surface area contributed by atoms with Gasteiger partial charge in [-0.3, -0.25) is 14.7 Å². The maximum absolute atomic E-state index is 13.7. The molecule has 0 aliphatic carbocycles. The van der Waals surface area contributed by atoms with Crippen molar-refractivity contribution in [1.82, 2.24) is 4.90 Å². The van der Waals surface area contributed by atoms with Crippen molar-refractivity contribution in [3.63, 3.8) is 0 Å². The largest absolute Gasteiger partial charge is 0.480 e. The van der Waals surface area contributed by atoms with Crippen LogP contribution in [-0.4, -0.2) is 46.2 Å². The summed E-state index contributed by atoms with van der Waals surface area (Å²) in [6, 6.07) is 32.1. The lowest BCUT2D eigenvalue weighted by Gasteiger charge is -2.24. The van der Waals surface area contributed by atoms with E-state index in [0.717, 1.165) is 48.2 Å². The second-order valence-corrected chi connectivity index (χ2v) is 10.9. The topological polar surface area (TPSA) is 82.0 Å². The fourth-order valence-corrected chi connectivity index (χ4v) is 5.75. The summed E-state index contributed by atoms with van der Waals surface area (Å²) in [6.45, 7) is 5.58. The van der Waals surface area contributed by atoms with Crippen LogP contribution in [0.2, 0.25) is 0 Å². The molecule has 5 rings (SSSR count). The minimum absolute atomic E-state index is 0.0615. The van der Waals surface area contributed by atoms with Crippen LogP contribution in [0.5, 0.6) is 0 Å². The number of aliphatic imine (C=N–C) groups is 1. The van der Waals surface area contributed by atoms with Gasteiger partial charge in [0.1, 0.15) is 0 Å². The number of hydrogen-bond donors (Lipinski definition) is 2. The number of likely N-dealkylation sites (tertiary alicyclic amines) is 1. The molecule has 1 amide bonds. The van der Waals surface area contributed by atoms with Gasteiger partial charge in [-0.25, -0.2) is 4.79 Å². The van der Waals surface area contributed by atoms with E-state index >= 15 is 0 Å². The number of para-hydroxylation sites is 1. The minimum atomic E-state index is -1.00. The third kappa shape index (κ3) is 6.84. The van der Waals surface area contributed by atoms with Crippen LogP contribution in [0.4, 0.5) is 5.69 Å². The summed E-state index contributed by atoms with van der Waals surface area (Å²) in [5.74, 6) is -1.05. The van der Waals surface area contributed by atoms with E-state index in [1.165, 1.54) is 5.56 Å². The monoisotopic (exact) mass is 559 g/mol. The van der Waals surface area contributed by atoms with Gasteiger partial charge in [-0.1, -0.05) is 97.1 Å². The van der Waals surface area contributed by atoms with Crippen LogP contribution in [-0.2, 0) is 22.6 Å². The zero-order valence-electron chi connectivity index (χ0n) is 24.2. The molecule has 0 radical (unpaired) electrons. The Hall–Kier alpha value is -4.55. The maximum Gasteiger partial charge on any atom is 0.328 e. The van der Waals surface area contributed by atoms with Gasteiger partial charge >= 0.3 is 5.97 Å². The summed E-state index contributed by atoms with van der Waals surface area (Å²) in [6.07, 6.45) is 2.02. The standard InChI is InChI=1S/C36H37N3O3/c1-25-13-11-14-26(2)30(25)23-32(36(41)42)37-34(28-17-7-4-8-18-28)29-19-9-10-20-31(29)38-35(40)33-21-12-22-39(33)24-27-15-5-3-6-16-27/h3-11,13-20,32-33H,12,21-24H2,1-2H3,(H,38,40)(H,41,42)/t32-,33-/m0/s1. The molecular formula is C36H37N3O3. The Morgan fingerprint density at radius 1 is 0.881 bits per heavy atom. The Morgan fingerprint density at radius 3 is 2.21 bits per heavy atom. The predicted octanol–water partition coefficient (Wildman–Crippen LogP) is 6.44. The molecule has 4 aromatic carbocycles. The zero-order valence-corrected chi connectivity index (χ0v) is 24.2. The minimum Gasteiger partial charge on any atom is -0.480 e. The molecule has 4 aromatic rings. The molecule has 214 valence electrons. The number of aliphatic carboxylic acids is 1. The first-order valence-corrected chi connectivity index (χ1v) is 14.5. The molecule has 1 aliphatic rings. The Labute approximate surface area is 247 Å². The highest BCUT2D eigenvalue weighted by molar-refractivity contribution is 6.17. The number of carboxylic acids is 1. The van der Waals surface area contributed by atoms with E-state index in [0.29, 0.717) is 17.0 Å². The van der Waals surface area contributed by atoms with Gasteiger partial charge in [-0.05, 0) is 61.6 Å². The van der Waals surface area contributed by atoms with Crippen molar-refractivity contribution in [3.05, 3.63) is 137 Å². The first-order valence-electron chi connectivity index (χ1n) is 14.5. The molecule has 0 saturated carbocycles. The van der Waals surface area contributed by atoms with E-state index in [2.05, 4.69) is 22.3 Å². The second kappa shape index (κ2) is 13.4. The molecule has 0 unspecified atom stereocenters. The highest BCUT2D eigenvalue weighted by Gasteiger charge is 2.31. The van der Waals surface area contributed by atoms with Gasteiger partial charge in [0, 0.05) is 24.1 Å². The molecule has 2 N–H and O–H groups in total. The molecule has 0 bridgehead atoms. The normalized spacial score (nSPS) is 16.2. The number of aryl methyl sites for hydroxylation is 2. The van der Waals surface area contributed by atoms with Crippen LogP contribution < -0.4 is 5.32 Å². The number of nitrogens with one attached hydrogen (secondary N) is 1. The lowest BCUT2D eigenvalue weighted by atomic mass is 9.95. The number of benzene rings is 4. The van der Waals surface area contributed by atoms with Crippen molar-refractivity contribution in [3.8, 4) is 0 Å². The van der Waals surface area contributed by atoms with Crippen LogP contribution in [0.1, 0.15) is 46.2 Å². The van der Waals surface area contributed by atoms with Crippen molar-refractivity contribution in [2.75, 3.05) is 11.9 Å². The first kappa shape index (κ1) is 29.0. The van der Waals surface area contributed by atoms with E-state index < -0.39 is 12.0 Å². The Balaban J connectivity index is 1.48. The van der Waals surface area contributed by atoms with Crippen molar-refractivity contribution < 1.29 is 14.7 Å². The van der Waals surface area contributed by atoms with Crippen molar-refractivity contribution in [2.24, 2.45) is 4.99 Å². The molecule has 1 fully saturated rings. The van der Waals surface area contributed by atoms with E-state index in [1.807, 2.05) is 105 Å². The van der Waals surface area contributed by atoms with E-state index in [-0.39, 0.29) is 18.4 Å². The molecule has 0 aromatic heterocycles. The molecule has 2 atom stereocenters. The number of nitrogens with zero attached hydrogens (tertiary/aromatic N) is 2. The van der Waals surface area contributed by atoms with Crippen molar-refractivity contribution in [1.29, 1.82) is 0 Å². The number of carbonyl (C=O) groups excluding carboxylic acids is 1. The van der Waals surface area contributed by atoms with Crippen LogP contribution in [0.3, 0.4) is 0 Å². The SMILES string of the molecule is Cc1cccc(C)c1C[C@H](N=C(c1ccccc1)c1ccccc1NC(=O)[C@@H]1CCCN1Cc1ccccc1)C(=O)O. The zero-order chi connectivity index (χ0) is 29.5. The van der Waals surface area contributed by atoms with Crippen LogP contribution in [0.25, 0.3) is 0 Å². The summed E-state index contributed by atoms with van der Waals surface area (Å²) >= 11 is 0. The number of rotatable bonds is 10. The van der Waals surface area contributed by atoms with Gasteiger partial charge < -0.3 is 10.4 Å². The molecular weight excluding hydrogens is 522 g/mol. The summed E-state index contributed by atoms with van der Waals surface area (Å²) in [7, 11) is 0. The number of carbonyl (C=O) groups is 2. The smallest absolute Gasteiger partial charge is 0.328 e. The molecule has 1 heterocycles. The quantitative estimate of drug-likeness (QED) is 0.219. The van der Waals surface area contributed by atoms with Gasteiger partial charge in [0.2, 0.25) is 5.91 Å². The summed E-state index contributed by atoms with van der Waals surface area (Å²) < 4.78 is 0. The van der Waals surface area contributed by atoms with Crippen molar-refractivity contribution in [2.45, 2.75) is 51.7 Å². The lowest BCUT2D eigenvalue weighted by molar-refractivity contribution is -0.138. The second-order valence-electron chi connectivity index (χ2n) is 10.9. The van der Waals surface area contributed by atoms with Gasteiger partial charge in [0.25, 0.3) is 0 Å². The average Bonchev–Trinajstić information content (AvgIpc) is 3.46. The molecule has 1 aliphatic heterocycles. The number of anilines is 1. The fourth-order valence-electron chi connectivity index (χ4n) is 5.75. The van der Waals surface area contributed by atoms with Crippen LogP contribution in [0.15, 0.2) is 108 Å². The summed E-state index contributed by atoms with van der Waals surface area (Å²) in [5.41, 5.74) is 6.90. The maximum atomic E-state index is 13.7. The number of amides is 1. The Kier molecular flexibility index (Phi) is 9.25. The molecule has 6 heteroatoms. The van der Waals surface area contributed by atoms with Gasteiger partial charge in [0.05, 0.1) is 17.4 Å². The van der Waals surface area contributed by atoms with Gasteiger partial charge in [-0.15, -0.1) is 0 Å². The fraction of sp³-hybridized carbons (Fsp3) is 0.250. The van der Waals surface area contributed by atoms with Crippen LogP contribution >= 0.6 is 0 Å². The molecule has 1 saturated heterocycles. The molecule has 6 nitrogen and oxygen atoms in total. The van der Waals surface area contributed by atoms with Crippen LogP contribution in [0, 0.1) is 13.8 Å². The molecule has 42 heavy (non-hydrogen) atoms. The molecule has 0 spiro atoms. The predicted molar refractivity (Wildman–Crippen MR) is 168 cm³/mol. The van der Waals surface area contributed by atoms with Gasteiger partial charge in [-0.2, -0.15) is 0 Å². The van der Waals surface area contributed by atoms with Crippen molar-refractivity contribution >= 4 is 23.3 Å². The Bertz CT molecular complexity index is 1550. The Morgan fingerprint density at radius 2 is 1.52 bits per heavy atom. The van der Waals surface area contributed by atoms with E-state index in [4.69, 9.17) is 4.99 Å².